The third kappa shape index (κ3) is 4.99. The monoisotopic (exact) mass is 462 g/mol. The number of sulfone groups is 1. The summed E-state index contributed by atoms with van der Waals surface area (Å²) in [7, 11) is -1.68. The smallest absolute Gasteiger partial charge is 0.175 e. The van der Waals surface area contributed by atoms with E-state index in [1.165, 1.54) is 6.26 Å². The zero-order chi connectivity index (χ0) is 23.4. The summed E-state index contributed by atoms with van der Waals surface area (Å²) in [6.07, 6.45) is 1.87. The Morgan fingerprint density at radius 1 is 0.818 bits per heavy atom. The summed E-state index contributed by atoms with van der Waals surface area (Å²) in [6.45, 7) is -0.0149. The fraction of sp³-hybridized carbons (Fsp3) is 0.115. The summed E-state index contributed by atoms with van der Waals surface area (Å²) >= 11 is 0. The molecule has 0 heterocycles. The van der Waals surface area contributed by atoms with E-state index in [9.17, 15) is 13.2 Å². The van der Waals surface area contributed by atoms with Crippen LogP contribution in [-0.4, -0.2) is 34.7 Å². The van der Waals surface area contributed by atoms with Crippen LogP contribution in [0.25, 0.3) is 21.9 Å². The lowest BCUT2D eigenvalue weighted by Crippen LogP contribution is -1.97. The molecule has 7 heteroatoms. The summed E-state index contributed by atoms with van der Waals surface area (Å²) < 4.78 is 40.7. The summed E-state index contributed by atoms with van der Waals surface area (Å²) in [5.74, 6) is 2.51. The van der Waals surface area contributed by atoms with Gasteiger partial charge in [-0.15, -0.1) is 0 Å². The minimum atomic E-state index is -3.29. The molecule has 0 aliphatic rings. The second-order valence-electron chi connectivity index (χ2n) is 7.38. The summed E-state index contributed by atoms with van der Waals surface area (Å²) in [5.41, 5.74) is 1.63. The Morgan fingerprint density at radius 3 is 2.12 bits per heavy atom. The average molecular weight is 463 g/mol. The number of aldehydes is 1. The molecule has 0 N–H and O–H groups in total. The largest absolute Gasteiger partial charge is 0.497 e. The lowest BCUT2D eigenvalue weighted by molar-refractivity contribution is -0.109. The number of carbonyl (C=O) groups excluding carboxylic acids is 1. The van der Waals surface area contributed by atoms with Gasteiger partial charge in [0.25, 0.3) is 0 Å². The molecule has 0 atom stereocenters. The molecule has 4 rings (SSSR count). The lowest BCUT2D eigenvalue weighted by Gasteiger charge is -2.16. The third-order valence-electron chi connectivity index (χ3n) is 5.13. The summed E-state index contributed by atoms with van der Waals surface area (Å²) in [6, 6.07) is 23.3. The van der Waals surface area contributed by atoms with E-state index in [0.717, 1.165) is 27.6 Å². The van der Waals surface area contributed by atoms with Crippen molar-refractivity contribution in [2.45, 2.75) is 4.90 Å². The van der Waals surface area contributed by atoms with Crippen molar-refractivity contribution in [1.82, 2.24) is 0 Å². The van der Waals surface area contributed by atoms with Crippen LogP contribution in [0, 0.1) is 0 Å². The van der Waals surface area contributed by atoms with Crippen LogP contribution < -0.4 is 14.2 Å². The highest BCUT2D eigenvalue weighted by atomic mass is 32.2. The van der Waals surface area contributed by atoms with Crippen LogP contribution in [0.15, 0.2) is 83.8 Å². The molecular weight excluding hydrogens is 440 g/mol. The van der Waals surface area contributed by atoms with E-state index in [1.807, 2.05) is 30.3 Å². The number of methoxy groups -OCH3 is 1. The zero-order valence-corrected chi connectivity index (χ0v) is 19.0. The number of rotatable bonds is 8. The van der Waals surface area contributed by atoms with Crippen LogP contribution in [0.3, 0.4) is 0 Å². The van der Waals surface area contributed by atoms with Gasteiger partial charge in [-0.05, 0) is 71.6 Å². The van der Waals surface area contributed by atoms with Crippen LogP contribution in [0.5, 0.6) is 23.0 Å². The molecule has 4 aromatic carbocycles. The molecular formula is C26H22O6S. The Bertz CT molecular complexity index is 1390. The number of ether oxygens (including phenoxy) is 3. The first kappa shape index (κ1) is 22.4. The van der Waals surface area contributed by atoms with Gasteiger partial charge in [0.15, 0.2) is 16.1 Å². The van der Waals surface area contributed by atoms with E-state index >= 15 is 0 Å². The molecule has 4 aromatic rings. The number of benzene rings is 4. The predicted octanol–water partition coefficient (Wildman–Crippen LogP) is 5.29. The fourth-order valence-electron chi connectivity index (χ4n) is 3.48. The van der Waals surface area contributed by atoms with Gasteiger partial charge in [0.05, 0.1) is 12.0 Å². The normalized spacial score (nSPS) is 11.2. The van der Waals surface area contributed by atoms with Crippen molar-refractivity contribution in [3.8, 4) is 34.1 Å². The average Bonchev–Trinajstić information content (AvgIpc) is 2.83. The van der Waals surface area contributed by atoms with Gasteiger partial charge in [-0.3, -0.25) is 4.79 Å². The first-order valence-electron chi connectivity index (χ1n) is 10.1. The van der Waals surface area contributed by atoms with E-state index in [2.05, 4.69) is 0 Å². The van der Waals surface area contributed by atoms with Gasteiger partial charge in [0.1, 0.15) is 29.6 Å². The number of hydrogen-bond acceptors (Lipinski definition) is 6. The van der Waals surface area contributed by atoms with E-state index in [0.29, 0.717) is 23.5 Å². The number of carbonyl (C=O) groups is 1. The first-order valence-corrected chi connectivity index (χ1v) is 12.0. The molecule has 0 spiro atoms. The molecule has 6 nitrogen and oxygen atoms in total. The van der Waals surface area contributed by atoms with Gasteiger partial charge in [-0.1, -0.05) is 18.2 Å². The van der Waals surface area contributed by atoms with Crippen LogP contribution >= 0.6 is 0 Å². The molecule has 0 bridgehead atoms. The summed E-state index contributed by atoms with van der Waals surface area (Å²) in [5, 5.41) is 1.81. The molecule has 0 aliphatic heterocycles. The first-order chi connectivity index (χ1) is 15.9. The fourth-order valence-corrected chi connectivity index (χ4v) is 4.11. The highest BCUT2D eigenvalue weighted by Gasteiger charge is 2.15. The highest BCUT2D eigenvalue weighted by Crippen LogP contribution is 2.41. The molecule has 0 aliphatic carbocycles. The van der Waals surface area contributed by atoms with Gasteiger partial charge < -0.3 is 14.2 Å². The van der Waals surface area contributed by atoms with Crippen LogP contribution in [0.4, 0.5) is 0 Å². The minimum absolute atomic E-state index is 0.0149. The lowest BCUT2D eigenvalue weighted by atomic mass is 9.99. The van der Waals surface area contributed by atoms with Crippen molar-refractivity contribution in [1.29, 1.82) is 0 Å². The van der Waals surface area contributed by atoms with Crippen molar-refractivity contribution >= 4 is 26.9 Å². The molecule has 0 fully saturated rings. The topological polar surface area (TPSA) is 78.9 Å². The highest BCUT2D eigenvalue weighted by molar-refractivity contribution is 7.90. The van der Waals surface area contributed by atoms with Crippen LogP contribution in [-0.2, 0) is 14.6 Å². The molecule has 33 heavy (non-hydrogen) atoms. The maximum atomic E-state index is 11.9. The van der Waals surface area contributed by atoms with Gasteiger partial charge in [0, 0.05) is 17.2 Å². The molecule has 168 valence electrons. The second-order valence-corrected chi connectivity index (χ2v) is 9.39. The number of hydrogen-bond donors (Lipinski definition) is 0. The second kappa shape index (κ2) is 9.34. The van der Waals surface area contributed by atoms with Crippen molar-refractivity contribution in [3.05, 3.63) is 78.9 Å². The van der Waals surface area contributed by atoms with Gasteiger partial charge in [0.2, 0.25) is 0 Å². The Hall–Kier alpha value is -3.84. The molecule has 0 aromatic heterocycles. The quantitative estimate of drug-likeness (QED) is 0.331. The standard InChI is InChI=1S/C26H22O6S/c1-30-22-10-14-25-19(17-22)5-13-24(18-3-11-23(12-4-18)33(2,28)29)26(25)32-21-8-6-20(7-9-21)31-16-15-27/h3-15,17H,16H2,1-2H3. The van der Waals surface area contributed by atoms with Gasteiger partial charge in [-0.25, -0.2) is 8.42 Å². The number of fused-ring (bicyclic) bond motifs is 1. The predicted molar refractivity (Wildman–Crippen MR) is 127 cm³/mol. The van der Waals surface area contributed by atoms with E-state index in [1.54, 1.807) is 55.6 Å². The van der Waals surface area contributed by atoms with E-state index < -0.39 is 9.84 Å². The third-order valence-corrected chi connectivity index (χ3v) is 6.26. The molecule has 0 radical (unpaired) electrons. The molecule has 0 saturated heterocycles. The SMILES string of the molecule is COc1ccc2c(Oc3ccc(OCC=O)cc3)c(-c3ccc(S(C)(=O)=O)cc3)ccc2c1. The van der Waals surface area contributed by atoms with Crippen molar-refractivity contribution < 1.29 is 27.4 Å². The van der Waals surface area contributed by atoms with Gasteiger partial charge >= 0.3 is 0 Å². The molecule has 0 saturated carbocycles. The zero-order valence-electron chi connectivity index (χ0n) is 18.1. The van der Waals surface area contributed by atoms with Crippen LogP contribution in [0.1, 0.15) is 0 Å². The van der Waals surface area contributed by atoms with Crippen LogP contribution in [0.2, 0.25) is 0 Å². The molecule has 0 amide bonds. The van der Waals surface area contributed by atoms with E-state index in [-0.39, 0.29) is 11.5 Å². The Balaban J connectivity index is 1.80. The van der Waals surface area contributed by atoms with Crippen molar-refractivity contribution in [2.75, 3.05) is 20.0 Å². The molecule has 0 unspecified atom stereocenters. The Morgan fingerprint density at radius 2 is 1.48 bits per heavy atom. The van der Waals surface area contributed by atoms with Crippen molar-refractivity contribution in [2.24, 2.45) is 0 Å². The van der Waals surface area contributed by atoms with E-state index in [4.69, 9.17) is 14.2 Å². The van der Waals surface area contributed by atoms with Gasteiger partial charge in [-0.2, -0.15) is 0 Å². The van der Waals surface area contributed by atoms with Crippen molar-refractivity contribution in [3.63, 3.8) is 0 Å². The Labute approximate surface area is 192 Å². The Kier molecular flexibility index (Phi) is 6.33. The maximum absolute atomic E-state index is 11.9. The minimum Gasteiger partial charge on any atom is -0.497 e. The summed E-state index contributed by atoms with van der Waals surface area (Å²) in [4.78, 5) is 10.8. The maximum Gasteiger partial charge on any atom is 0.175 e.